The molecule has 3 aliphatic rings. The van der Waals surface area contributed by atoms with Gasteiger partial charge in [0.2, 0.25) is 5.91 Å². The van der Waals surface area contributed by atoms with Crippen molar-refractivity contribution in [2.24, 2.45) is 4.99 Å². The number of quaternary nitrogens is 2. The predicted octanol–water partition coefficient (Wildman–Crippen LogP) is -0.845. The number of carbonyl (C=O) groups excluding carboxylic acids is 1. The monoisotopic (exact) mass is 391 g/mol. The zero-order chi connectivity index (χ0) is 17.9. The van der Waals surface area contributed by atoms with E-state index in [1.54, 1.807) is 9.80 Å². The van der Waals surface area contributed by atoms with Crippen LogP contribution < -0.4 is 9.80 Å². The Hall–Kier alpha value is -1.48. The first-order valence-electron chi connectivity index (χ1n) is 9.28. The highest BCUT2D eigenvalue weighted by molar-refractivity contribution is 8.33. The van der Waals surface area contributed by atoms with E-state index in [4.69, 9.17) is 12.2 Å². The van der Waals surface area contributed by atoms with Crippen molar-refractivity contribution in [2.45, 2.75) is 19.4 Å². The van der Waals surface area contributed by atoms with Crippen LogP contribution in [-0.2, 0) is 11.3 Å². The van der Waals surface area contributed by atoms with Gasteiger partial charge in [0.05, 0.1) is 0 Å². The van der Waals surface area contributed by atoms with Crippen molar-refractivity contribution in [3.63, 3.8) is 0 Å². The lowest BCUT2D eigenvalue weighted by molar-refractivity contribution is -1.02. The molecule has 26 heavy (non-hydrogen) atoms. The molecule has 2 fully saturated rings. The number of thioether (sulfide) groups is 1. The summed E-state index contributed by atoms with van der Waals surface area (Å²) >= 11 is 7.01. The van der Waals surface area contributed by atoms with Crippen LogP contribution in [0.1, 0.15) is 18.4 Å². The molecular weight excluding hydrogens is 366 g/mol. The molecule has 1 aromatic carbocycles. The molecule has 0 radical (unpaired) electrons. The lowest BCUT2D eigenvalue weighted by Gasteiger charge is -2.35. The van der Waals surface area contributed by atoms with Crippen LogP contribution >= 0.6 is 24.0 Å². The van der Waals surface area contributed by atoms with E-state index in [9.17, 15) is 4.79 Å². The summed E-state index contributed by atoms with van der Waals surface area (Å²) in [6, 6.07) is 10.7. The Kier molecular flexibility index (Phi) is 5.54. The van der Waals surface area contributed by atoms with E-state index < -0.39 is 0 Å². The van der Waals surface area contributed by atoms with E-state index in [1.807, 2.05) is 0 Å². The van der Waals surface area contributed by atoms with Gasteiger partial charge in [-0.05, 0) is 18.2 Å². The molecule has 1 amide bonds. The topological polar surface area (TPSA) is 44.8 Å². The fourth-order valence-corrected chi connectivity index (χ4v) is 5.02. The summed E-state index contributed by atoms with van der Waals surface area (Å²) in [5, 5.41) is 5.05. The third-order valence-corrected chi connectivity index (χ3v) is 6.55. The van der Waals surface area contributed by atoms with E-state index in [-0.39, 0.29) is 5.91 Å². The fourth-order valence-electron chi connectivity index (χ4n) is 3.76. The number of hydrazine groups is 1. The summed E-state index contributed by atoms with van der Waals surface area (Å²) in [7, 11) is 0. The van der Waals surface area contributed by atoms with Gasteiger partial charge in [0, 0.05) is 18.5 Å². The van der Waals surface area contributed by atoms with Crippen LogP contribution in [0.2, 0.25) is 0 Å². The number of amides is 1. The maximum atomic E-state index is 11.7. The fraction of sp³-hybridized carbons (Fsp3) is 0.500. The summed E-state index contributed by atoms with van der Waals surface area (Å²) in [6.45, 7) is 7.45. The van der Waals surface area contributed by atoms with Crippen LogP contribution in [0.15, 0.2) is 35.3 Å². The standard InChI is InChI=1S/C18H23N5OS2/c24-16-7-4-8-22-17(19-16)26-18(25)23(22)14-21-11-9-20(10-12-21)13-15-5-2-1-3-6-15/h1-3,5-6H,4,7-14H2/p+2. The Morgan fingerprint density at radius 1 is 1.12 bits per heavy atom. The molecule has 6 nitrogen and oxygen atoms in total. The van der Waals surface area contributed by atoms with Gasteiger partial charge < -0.3 is 9.80 Å². The molecule has 4 rings (SSSR count). The van der Waals surface area contributed by atoms with Crippen molar-refractivity contribution in [3.05, 3.63) is 35.9 Å². The second-order valence-corrected chi connectivity index (χ2v) is 8.70. The van der Waals surface area contributed by atoms with Gasteiger partial charge in [-0.25, -0.2) is 5.01 Å². The maximum absolute atomic E-state index is 11.7. The number of hydrogen-bond acceptors (Lipinski definition) is 4. The number of nitrogens with one attached hydrogen (secondary N) is 2. The molecule has 1 aromatic rings. The molecule has 138 valence electrons. The van der Waals surface area contributed by atoms with Crippen molar-refractivity contribution in [1.29, 1.82) is 0 Å². The SMILES string of the molecule is O=C1CCCN2C(=N1)SC(=S)N2C[NH+]1CC[NH+](Cc2ccccc2)CC1. The first-order valence-corrected chi connectivity index (χ1v) is 10.5. The van der Waals surface area contributed by atoms with Crippen LogP contribution in [0, 0.1) is 0 Å². The zero-order valence-corrected chi connectivity index (χ0v) is 16.5. The van der Waals surface area contributed by atoms with Gasteiger partial charge in [-0.2, -0.15) is 4.99 Å². The average Bonchev–Trinajstić information content (AvgIpc) is 2.81. The first-order chi connectivity index (χ1) is 12.7. The van der Waals surface area contributed by atoms with Crippen molar-refractivity contribution in [1.82, 2.24) is 10.0 Å². The maximum Gasteiger partial charge on any atom is 0.248 e. The number of hydrogen-bond donors (Lipinski definition) is 2. The number of carbonyl (C=O) groups is 1. The van der Waals surface area contributed by atoms with Gasteiger partial charge in [0.25, 0.3) is 0 Å². The van der Waals surface area contributed by atoms with Gasteiger partial charge in [-0.3, -0.25) is 9.80 Å². The van der Waals surface area contributed by atoms with Gasteiger partial charge in [-0.15, -0.1) is 0 Å². The molecular formula is C18H25N5OS2+2. The Morgan fingerprint density at radius 2 is 1.85 bits per heavy atom. The average molecular weight is 392 g/mol. The number of aliphatic imine (C=N–C) groups is 1. The molecule has 0 unspecified atom stereocenters. The highest BCUT2D eigenvalue weighted by atomic mass is 32.2. The Labute approximate surface area is 163 Å². The number of amidine groups is 1. The van der Waals surface area contributed by atoms with Gasteiger partial charge in [0.1, 0.15) is 32.7 Å². The van der Waals surface area contributed by atoms with Gasteiger partial charge >= 0.3 is 0 Å². The number of fused-ring (bicyclic) bond motifs is 1. The summed E-state index contributed by atoms with van der Waals surface area (Å²) in [4.78, 5) is 19.1. The minimum absolute atomic E-state index is 0.0230. The lowest BCUT2D eigenvalue weighted by atomic mass is 10.2. The second kappa shape index (κ2) is 8.04. The zero-order valence-electron chi connectivity index (χ0n) is 14.8. The van der Waals surface area contributed by atoms with Crippen LogP contribution in [0.4, 0.5) is 0 Å². The van der Waals surface area contributed by atoms with Gasteiger partial charge in [0.15, 0.2) is 16.2 Å². The van der Waals surface area contributed by atoms with E-state index in [2.05, 4.69) is 45.3 Å². The third kappa shape index (κ3) is 4.09. The Balaban J connectivity index is 1.32. The van der Waals surface area contributed by atoms with Crippen LogP contribution in [0.5, 0.6) is 0 Å². The quantitative estimate of drug-likeness (QED) is 0.655. The van der Waals surface area contributed by atoms with Crippen LogP contribution in [0.3, 0.4) is 0 Å². The first kappa shape index (κ1) is 17.9. The molecule has 3 heterocycles. The predicted molar refractivity (Wildman–Crippen MR) is 107 cm³/mol. The van der Waals surface area contributed by atoms with Gasteiger partial charge in [-0.1, -0.05) is 42.5 Å². The molecule has 3 aliphatic heterocycles. The van der Waals surface area contributed by atoms with Crippen molar-refractivity contribution in [2.75, 3.05) is 39.4 Å². The van der Waals surface area contributed by atoms with Crippen LogP contribution in [-0.4, -0.2) is 64.8 Å². The number of benzene rings is 1. The smallest absolute Gasteiger partial charge is 0.248 e. The van der Waals surface area contributed by atoms with Crippen molar-refractivity contribution >= 4 is 39.4 Å². The number of rotatable bonds is 4. The van der Waals surface area contributed by atoms with E-state index in [1.165, 1.54) is 30.4 Å². The molecule has 0 bridgehead atoms. The molecule has 2 saturated heterocycles. The van der Waals surface area contributed by atoms with Crippen molar-refractivity contribution < 1.29 is 14.6 Å². The van der Waals surface area contributed by atoms with Crippen molar-refractivity contribution in [3.8, 4) is 0 Å². The number of nitrogens with zero attached hydrogens (tertiary/aromatic N) is 3. The molecule has 8 heteroatoms. The Morgan fingerprint density at radius 3 is 2.62 bits per heavy atom. The van der Waals surface area contributed by atoms with E-state index in [0.29, 0.717) is 6.42 Å². The highest BCUT2D eigenvalue weighted by Gasteiger charge is 2.37. The minimum Gasteiger partial charge on any atom is -0.322 e. The Bertz CT molecular complexity index is 703. The summed E-state index contributed by atoms with van der Waals surface area (Å²) in [5.74, 6) is -0.0230. The number of thiocarbonyl (C=S) groups is 1. The third-order valence-electron chi connectivity index (χ3n) is 5.22. The molecule has 0 spiro atoms. The largest absolute Gasteiger partial charge is 0.322 e. The molecule has 0 saturated carbocycles. The van der Waals surface area contributed by atoms with E-state index in [0.717, 1.165) is 48.8 Å². The molecule has 0 aliphatic carbocycles. The summed E-state index contributed by atoms with van der Waals surface area (Å²) in [6.07, 6.45) is 1.38. The lowest BCUT2D eigenvalue weighted by Crippen LogP contribution is -3.28. The highest BCUT2D eigenvalue weighted by Crippen LogP contribution is 2.27. The van der Waals surface area contributed by atoms with Crippen LogP contribution in [0.25, 0.3) is 0 Å². The second-order valence-electron chi connectivity index (χ2n) is 7.10. The summed E-state index contributed by atoms with van der Waals surface area (Å²) in [5.41, 5.74) is 1.41. The number of piperazine rings is 1. The molecule has 0 aromatic heterocycles. The summed E-state index contributed by atoms with van der Waals surface area (Å²) < 4.78 is 0.824. The normalized spacial score (nSPS) is 26.5. The minimum atomic E-state index is -0.0230. The molecule has 0 atom stereocenters. The van der Waals surface area contributed by atoms with E-state index >= 15 is 0 Å². The molecule has 2 N–H and O–H groups in total.